The molecule has 0 N–H and O–H groups in total. The number of rotatable bonds is 3. The van der Waals surface area contributed by atoms with Gasteiger partial charge in [0.15, 0.2) is 0 Å². The first kappa shape index (κ1) is 18.3. The number of amides is 2. The zero-order valence-corrected chi connectivity index (χ0v) is 16.6. The Hall–Kier alpha value is -2.73. The molecule has 0 spiro atoms. The van der Waals surface area contributed by atoms with Gasteiger partial charge in [-0.3, -0.25) is 19.3 Å². The largest absolute Gasteiger partial charge is 0.312 e. The van der Waals surface area contributed by atoms with Crippen LogP contribution in [0.25, 0.3) is 0 Å². The molecule has 2 amide bonds. The van der Waals surface area contributed by atoms with E-state index in [0.29, 0.717) is 24.7 Å². The molecule has 6 heteroatoms. The second-order valence-electron chi connectivity index (χ2n) is 8.46. The van der Waals surface area contributed by atoms with Crippen molar-refractivity contribution >= 4 is 17.5 Å². The molecule has 150 valence electrons. The molecule has 2 bridgehead atoms. The number of aromatic nitrogens is 1. The van der Waals surface area contributed by atoms with Gasteiger partial charge in [-0.2, -0.15) is 0 Å². The number of hydrogen-bond acceptors (Lipinski definition) is 4. The summed E-state index contributed by atoms with van der Waals surface area (Å²) < 4.78 is 1.89. The predicted octanol–water partition coefficient (Wildman–Crippen LogP) is 2.16. The maximum atomic E-state index is 13.2. The SMILES string of the molecule is CCc1ccc(N2C(=O)C[C@@H](N3C[C@@H]4C[C@H](C3)c3cccc(=O)n3C4)C2=O)cc1. The highest BCUT2D eigenvalue weighted by atomic mass is 16.2. The Morgan fingerprint density at radius 1 is 0.966 bits per heavy atom. The number of aryl methyl sites for hydroxylation is 1. The molecule has 0 radical (unpaired) electrons. The van der Waals surface area contributed by atoms with Crippen LogP contribution in [0.15, 0.2) is 47.3 Å². The van der Waals surface area contributed by atoms with Crippen LogP contribution in [0.1, 0.15) is 36.9 Å². The minimum absolute atomic E-state index is 0.0551. The first-order chi connectivity index (χ1) is 14.0. The number of nitrogens with zero attached hydrogens (tertiary/aromatic N) is 3. The number of likely N-dealkylation sites (tertiary alicyclic amines) is 1. The van der Waals surface area contributed by atoms with E-state index in [0.717, 1.165) is 25.1 Å². The molecule has 3 aliphatic heterocycles. The Morgan fingerprint density at radius 2 is 1.76 bits per heavy atom. The number of piperidine rings is 1. The van der Waals surface area contributed by atoms with Gasteiger partial charge in [0.1, 0.15) is 0 Å². The van der Waals surface area contributed by atoms with Gasteiger partial charge in [0, 0.05) is 37.3 Å². The van der Waals surface area contributed by atoms with Crippen LogP contribution in [0, 0.1) is 5.92 Å². The molecule has 4 heterocycles. The van der Waals surface area contributed by atoms with E-state index in [9.17, 15) is 14.4 Å². The van der Waals surface area contributed by atoms with E-state index < -0.39 is 6.04 Å². The fourth-order valence-corrected chi connectivity index (χ4v) is 5.24. The van der Waals surface area contributed by atoms with Crippen LogP contribution < -0.4 is 10.5 Å². The van der Waals surface area contributed by atoms with Crippen LogP contribution in [-0.4, -0.2) is 40.4 Å². The highest BCUT2D eigenvalue weighted by Crippen LogP contribution is 2.37. The second kappa shape index (κ2) is 6.95. The van der Waals surface area contributed by atoms with Crippen molar-refractivity contribution in [3.8, 4) is 0 Å². The van der Waals surface area contributed by atoms with Crippen LogP contribution in [0.3, 0.4) is 0 Å². The fraction of sp³-hybridized carbons (Fsp3) is 0.435. The van der Waals surface area contributed by atoms with Crippen molar-refractivity contribution in [3.05, 3.63) is 64.1 Å². The van der Waals surface area contributed by atoms with Crippen LogP contribution in [0.4, 0.5) is 5.69 Å². The standard InChI is InChI=1S/C23H25N3O3/c1-2-15-6-8-18(9-7-15)26-22(28)11-20(23(26)29)24-12-16-10-17(14-24)19-4-3-5-21(27)25(19)13-16/h3-9,16-17,20H,2,10-14H2,1H3/t16-,17+,20+/m0/s1. The Morgan fingerprint density at radius 3 is 2.52 bits per heavy atom. The predicted molar refractivity (Wildman–Crippen MR) is 110 cm³/mol. The van der Waals surface area contributed by atoms with Gasteiger partial charge in [-0.1, -0.05) is 25.1 Å². The molecule has 1 aromatic carbocycles. The lowest BCUT2D eigenvalue weighted by molar-refractivity contribution is -0.123. The number of imide groups is 1. The van der Waals surface area contributed by atoms with Gasteiger partial charge in [0.05, 0.1) is 18.2 Å². The van der Waals surface area contributed by atoms with Crippen LogP contribution in [-0.2, 0) is 22.6 Å². The highest BCUT2D eigenvalue weighted by Gasteiger charge is 2.46. The Labute approximate surface area is 169 Å². The quantitative estimate of drug-likeness (QED) is 0.753. The molecule has 0 saturated carbocycles. The molecule has 6 nitrogen and oxygen atoms in total. The van der Waals surface area contributed by atoms with E-state index >= 15 is 0 Å². The zero-order valence-electron chi connectivity index (χ0n) is 16.6. The number of pyridine rings is 1. The minimum atomic E-state index is -0.402. The van der Waals surface area contributed by atoms with Gasteiger partial charge in [0.2, 0.25) is 5.91 Å². The summed E-state index contributed by atoms with van der Waals surface area (Å²) in [5.74, 6) is 0.320. The maximum absolute atomic E-state index is 13.2. The number of fused-ring (bicyclic) bond motifs is 4. The number of anilines is 1. The van der Waals surface area contributed by atoms with Crippen molar-refractivity contribution in [2.75, 3.05) is 18.0 Å². The summed E-state index contributed by atoms with van der Waals surface area (Å²) in [5.41, 5.74) is 2.96. The van der Waals surface area contributed by atoms with E-state index in [1.54, 1.807) is 6.07 Å². The highest BCUT2D eigenvalue weighted by molar-refractivity contribution is 6.22. The molecule has 0 unspecified atom stereocenters. The molecule has 29 heavy (non-hydrogen) atoms. The lowest BCUT2D eigenvalue weighted by atomic mass is 9.82. The lowest BCUT2D eigenvalue weighted by Gasteiger charge is -2.44. The normalized spacial score (nSPS) is 26.7. The molecule has 5 rings (SSSR count). The second-order valence-corrected chi connectivity index (χ2v) is 8.46. The van der Waals surface area contributed by atoms with Crippen LogP contribution >= 0.6 is 0 Å². The first-order valence-corrected chi connectivity index (χ1v) is 10.4. The summed E-state index contributed by atoms with van der Waals surface area (Å²) >= 11 is 0. The van der Waals surface area contributed by atoms with E-state index in [1.165, 1.54) is 10.5 Å². The summed E-state index contributed by atoms with van der Waals surface area (Å²) in [5, 5.41) is 0. The van der Waals surface area contributed by atoms with Crippen LogP contribution in [0.5, 0.6) is 0 Å². The first-order valence-electron chi connectivity index (χ1n) is 10.4. The fourth-order valence-electron chi connectivity index (χ4n) is 5.24. The molecule has 2 fully saturated rings. The topological polar surface area (TPSA) is 62.6 Å². The summed E-state index contributed by atoms with van der Waals surface area (Å²) in [6, 6.07) is 12.7. The van der Waals surface area contributed by atoms with E-state index in [-0.39, 0.29) is 29.7 Å². The summed E-state index contributed by atoms with van der Waals surface area (Å²) in [6.45, 7) is 4.24. The third kappa shape index (κ3) is 3.02. The summed E-state index contributed by atoms with van der Waals surface area (Å²) in [4.78, 5) is 41.7. The molecule has 3 atom stereocenters. The number of hydrogen-bond donors (Lipinski definition) is 0. The number of carbonyl (C=O) groups excluding carboxylic acids is 2. The van der Waals surface area contributed by atoms with Crippen molar-refractivity contribution in [2.24, 2.45) is 5.92 Å². The number of carbonyl (C=O) groups is 2. The van der Waals surface area contributed by atoms with Gasteiger partial charge in [-0.15, -0.1) is 0 Å². The Bertz CT molecular complexity index is 1030. The van der Waals surface area contributed by atoms with Crippen molar-refractivity contribution in [3.63, 3.8) is 0 Å². The average molecular weight is 391 g/mol. The molecule has 0 aliphatic carbocycles. The Kier molecular flexibility index (Phi) is 4.39. The molecule has 3 aliphatic rings. The third-order valence-electron chi connectivity index (χ3n) is 6.67. The van der Waals surface area contributed by atoms with Crippen molar-refractivity contribution in [2.45, 2.75) is 44.7 Å². The third-order valence-corrected chi connectivity index (χ3v) is 6.67. The molecule has 1 aromatic heterocycles. The van der Waals surface area contributed by atoms with Gasteiger partial charge in [-0.25, -0.2) is 4.90 Å². The van der Waals surface area contributed by atoms with Gasteiger partial charge < -0.3 is 4.57 Å². The minimum Gasteiger partial charge on any atom is -0.312 e. The molecular formula is C23H25N3O3. The van der Waals surface area contributed by atoms with Crippen LogP contribution in [0.2, 0.25) is 0 Å². The van der Waals surface area contributed by atoms with E-state index in [1.807, 2.05) is 41.0 Å². The van der Waals surface area contributed by atoms with Gasteiger partial charge in [-0.05, 0) is 42.5 Å². The van der Waals surface area contributed by atoms with E-state index in [2.05, 4.69) is 11.8 Å². The van der Waals surface area contributed by atoms with Gasteiger partial charge in [0.25, 0.3) is 11.5 Å². The zero-order chi connectivity index (χ0) is 20.1. The monoisotopic (exact) mass is 391 g/mol. The van der Waals surface area contributed by atoms with Gasteiger partial charge >= 0.3 is 0 Å². The molecular weight excluding hydrogens is 366 g/mol. The van der Waals surface area contributed by atoms with Crippen molar-refractivity contribution in [1.29, 1.82) is 0 Å². The smallest absolute Gasteiger partial charge is 0.251 e. The van der Waals surface area contributed by atoms with Crippen molar-refractivity contribution < 1.29 is 9.59 Å². The summed E-state index contributed by atoms with van der Waals surface area (Å²) in [7, 11) is 0. The number of benzene rings is 1. The van der Waals surface area contributed by atoms with E-state index in [4.69, 9.17) is 0 Å². The maximum Gasteiger partial charge on any atom is 0.251 e. The lowest BCUT2D eigenvalue weighted by Crippen LogP contribution is -2.52. The average Bonchev–Trinajstić information content (AvgIpc) is 3.03. The molecule has 2 saturated heterocycles. The Balaban J connectivity index is 1.39. The van der Waals surface area contributed by atoms with Crippen molar-refractivity contribution in [1.82, 2.24) is 9.47 Å². The molecule has 2 aromatic rings. The summed E-state index contributed by atoms with van der Waals surface area (Å²) in [6.07, 6.45) is 2.19.